The molecule has 1 atom stereocenters. The first-order valence-electron chi connectivity index (χ1n) is 9.79. The molecule has 0 spiro atoms. The molecule has 150 valence electrons. The van der Waals surface area contributed by atoms with Crippen molar-refractivity contribution in [2.75, 3.05) is 53.0 Å². The summed E-state index contributed by atoms with van der Waals surface area (Å²) in [7, 11) is 1.39. The summed E-state index contributed by atoms with van der Waals surface area (Å²) < 4.78 is 10.2. The lowest BCUT2D eigenvalue weighted by molar-refractivity contribution is -0.146. The molecule has 0 saturated carbocycles. The van der Waals surface area contributed by atoms with Crippen molar-refractivity contribution in [3.05, 3.63) is 35.9 Å². The Balaban J connectivity index is 1.86. The van der Waals surface area contributed by atoms with Crippen LogP contribution in [0.2, 0.25) is 0 Å². The molecule has 1 aliphatic heterocycles. The third-order valence-electron chi connectivity index (χ3n) is 4.93. The number of carbonyl (C=O) groups is 2. The fourth-order valence-corrected chi connectivity index (χ4v) is 3.29. The van der Waals surface area contributed by atoms with E-state index in [-0.39, 0.29) is 17.8 Å². The second-order valence-corrected chi connectivity index (χ2v) is 7.06. The summed E-state index contributed by atoms with van der Waals surface area (Å²) in [6.07, 6.45) is 2.06. The lowest BCUT2D eigenvalue weighted by Gasteiger charge is -2.29. The maximum atomic E-state index is 12.8. The molecule has 1 aliphatic rings. The normalized spacial score (nSPS) is 15.9. The Morgan fingerprint density at radius 2 is 1.93 bits per heavy atom. The highest BCUT2D eigenvalue weighted by Crippen LogP contribution is 2.10. The quantitative estimate of drug-likeness (QED) is 0.585. The van der Waals surface area contributed by atoms with Crippen molar-refractivity contribution < 1.29 is 19.1 Å². The summed E-state index contributed by atoms with van der Waals surface area (Å²) >= 11 is 0. The number of esters is 1. The van der Waals surface area contributed by atoms with Crippen LogP contribution in [-0.2, 0) is 25.5 Å². The van der Waals surface area contributed by atoms with Gasteiger partial charge in [0.25, 0.3) is 0 Å². The minimum Gasteiger partial charge on any atom is -0.469 e. The highest BCUT2D eigenvalue weighted by molar-refractivity contribution is 5.78. The van der Waals surface area contributed by atoms with Gasteiger partial charge >= 0.3 is 5.97 Å². The van der Waals surface area contributed by atoms with Gasteiger partial charge in [-0.25, -0.2) is 0 Å². The zero-order chi connectivity index (χ0) is 19.5. The molecule has 0 aromatic heterocycles. The van der Waals surface area contributed by atoms with Crippen LogP contribution in [0.25, 0.3) is 0 Å². The van der Waals surface area contributed by atoms with Crippen LogP contribution < -0.4 is 0 Å². The van der Waals surface area contributed by atoms with Crippen molar-refractivity contribution >= 4 is 11.9 Å². The smallest absolute Gasteiger partial charge is 0.310 e. The molecule has 0 N–H and O–H groups in total. The predicted molar refractivity (Wildman–Crippen MR) is 104 cm³/mol. The molecule has 1 saturated heterocycles. The molecule has 1 aromatic carbocycles. The Kier molecular flexibility index (Phi) is 9.28. The first-order chi connectivity index (χ1) is 13.1. The molecule has 2 rings (SSSR count). The second kappa shape index (κ2) is 11.7. The number of ether oxygens (including phenoxy) is 2. The Morgan fingerprint density at radius 1 is 1.22 bits per heavy atom. The van der Waals surface area contributed by atoms with Gasteiger partial charge in [0, 0.05) is 39.1 Å². The first-order valence-corrected chi connectivity index (χ1v) is 9.79. The zero-order valence-electron chi connectivity index (χ0n) is 16.6. The zero-order valence-corrected chi connectivity index (χ0v) is 16.6. The van der Waals surface area contributed by atoms with E-state index in [0.29, 0.717) is 25.9 Å². The van der Waals surface area contributed by atoms with Gasteiger partial charge in [-0.1, -0.05) is 37.3 Å². The van der Waals surface area contributed by atoms with Gasteiger partial charge in [-0.2, -0.15) is 0 Å². The van der Waals surface area contributed by atoms with E-state index < -0.39 is 0 Å². The van der Waals surface area contributed by atoms with Crippen molar-refractivity contribution in [2.24, 2.45) is 5.92 Å². The van der Waals surface area contributed by atoms with Crippen LogP contribution >= 0.6 is 0 Å². The van der Waals surface area contributed by atoms with Gasteiger partial charge in [0.1, 0.15) is 0 Å². The maximum absolute atomic E-state index is 12.8. The topological polar surface area (TPSA) is 59.1 Å². The maximum Gasteiger partial charge on any atom is 0.310 e. The SMILES string of the molecule is COC(=O)C(C)CN(CCCN1CCOCC1)C(=O)CCc1ccccc1. The molecule has 1 amide bonds. The van der Waals surface area contributed by atoms with Crippen LogP contribution in [-0.4, -0.2) is 74.7 Å². The minimum atomic E-state index is -0.320. The number of nitrogens with zero attached hydrogens (tertiary/aromatic N) is 2. The number of morpholine rings is 1. The lowest BCUT2D eigenvalue weighted by atomic mass is 10.1. The molecule has 27 heavy (non-hydrogen) atoms. The van der Waals surface area contributed by atoms with Crippen LogP contribution in [0.5, 0.6) is 0 Å². The fraction of sp³-hybridized carbons (Fsp3) is 0.619. The van der Waals surface area contributed by atoms with Gasteiger partial charge in [0.2, 0.25) is 5.91 Å². The Labute approximate surface area is 162 Å². The molecule has 0 aliphatic carbocycles. The van der Waals surface area contributed by atoms with Crippen molar-refractivity contribution in [2.45, 2.75) is 26.2 Å². The predicted octanol–water partition coefficient (Wildman–Crippen LogP) is 1.98. The summed E-state index contributed by atoms with van der Waals surface area (Å²) in [4.78, 5) is 28.8. The largest absolute Gasteiger partial charge is 0.469 e. The van der Waals surface area contributed by atoms with Gasteiger partial charge in [-0.05, 0) is 18.4 Å². The fourth-order valence-electron chi connectivity index (χ4n) is 3.29. The number of aryl methyl sites for hydroxylation is 1. The van der Waals surface area contributed by atoms with E-state index >= 15 is 0 Å². The summed E-state index contributed by atoms with van der Waals surface area (Å²) in [6.45, 7) is 7.26. The van der Waals surface area contributed by atoms with Crippen LogP contribution in [0.4, 0.5) is 0 Å². The average Bonchev–Trinajstić information content (AvgIpc) is 2.72. The second-order valence-electron chi connectivity index (χ2n) is 7.06. The number of methoxy groups -OCH3 is 1. The molecule has 1 heterocycles. The molecule has 0 radical (unpaired) electrons. The molecule has 1 aromatic rings. The van der Waals surface area contributed by atoms with Gasteiger partial charge in [-0.3, -0.25) is 14.5 Å². The van der Waals surface area contributed by atoms with E-state index in [1.165, 1.54) is 7.11 Å². The molecule has 0 bridgehead atoms. The third kappa shape index (κ3) is 7.69. The van der Waals surface area contributed by atoms with E-state index in [4.69, 9.17) is 9.47 Å². The van der Waals surface area contributed by atoms with Crippen LogP contribution in [0, 0.1) is 5.92 Å². The van der Waals surface area contributed by atoms with E-state index in [1.54, 1.807) is 0 Å². The number of amides is 1. The van der Waals surface area contributed by atoms with Crippen molar-refractivity contribution in [3.8, 4) is 0 Å². The van der Waals surface area contributed by atoms with Crippen LogP contribution in [0.1, 0.15) is 25.3 Å². The number of rotatable bonds is 10. The molecular weight excluding hydrogens is 344 g/mol. The molecule has 6 nitrogen and oxygen atoms in total. The van der Waals surface area contributed by atoms with E-state index in [1.807, 2.05) is 42.2 Å². The number of hydrogen-bond acceptors (Lipinski definition) is 5. The Bertz CT molecular complexity index is 573. The monoisotopic (exact) mass is 376 g/mol. The standard InChI is InChI=1S/C21H32N2O4/c1-18(21(25)26-2)17-23(12-6-11-22-13-15-27-16-14-22)20(24)10-9-19-7-4-3-5-8-19/h3-5,7-8,18H,6,9-17H2,1-2H3. The summed E-state index contributed by atoms with van der Waals surface area (Å²) in [5, 5.41) is 0. The Morgan fingerprint density at radius 3 is 2.59 bits per heavy atom. The minimum absolute atomic E-state index is 0.0941. The summed E-state index contributed by atoms with van der Waals surface area (Å²) in [6, 6.07) is 10.0. The molecule has 6 heteroatoms. The first kappa shape index (κ1) is 21.4. The molecule has 1 unspecified atom stereocenters. The lowest BCUT2D eigenvalue weighted by Crippen LogP contribution is -2.41. The van der Waals surface area contributed by atoms with Gasteiger partial charge in [0.05, 0.1) is 26.2 Å². The number of carbonyl (C=O) groups excluding carboxylic acids is 2. The Hall–Kier alpha value is -1.92. The van der Waals surface area contributed by atoms with Gasteiger partial charge in [-0.15, -0.1) is 0 Å². The van der Waals surface area contributed by atoms with Crippen LogP contribution in [0.15, 0.2) is 30.3 Å². The third-order valence-corrected chi connectivity index (χ3v) is 4.93. The molecular formula is C21H32N2O4. The summed E-state index contributed by atoms with van der Waals surface area (Å²) in [5.41, 5.74) is 1.15. The van der Waals surface area contributed by atoms with E-state index in [2.05, 4.69) is 4.90 Å². The molecule has 1 fully saturated rings. The van der Waals surface area contributed by atoms with Crippen LogP contribution in [0.3, 0.4) is 0 Å². The highest BCUT2D eigenvalue weighted by atomic mass is 16.5. The van der Waals surface area contributed by atoms with Gasteiger partial charge in [0.15, 0.2) is 0 Å². The summed E-state index contributed by atoms with van der Waals surface area (Å²) in [5.74, 6) is -0.500. The van der Waals surface area contributed by atoms with Gasteiger partial charge < -0.3 is 14.4 Å². The number of hydrogen-bond donors (Lipinski definition) is 0. The van der Waals surface area contributed by atoms with Crippen molar-refractivity contribution in [1.29, 1.82) is 0 Å². The van der Waals surface area contributed by atoms with E-state index in [9.17, 15) is 9.59 Å². The van der Waals surface area contributed by atoms with E-state index in [0.717, 1.165) is 44.8 Å². The average molecular weight is 376 g/mol. The number of benzene rings is 1. The van der Waals surface area contributed by atoms with Crippen molar-refractivity contribution in [3.63, 3.8) is 0 Å². The highest BCUT2D eigenvalue weighted by Gasteiger charge is 2.21. The van der Waals surface area contributed by atoms with Crippen molar-refractivity contribution in [1.82, 2.24) is 9.80 Å².